The first-order valence-electron chi connectivity index (χ1n) is 9.40. The minimum absolute atomic E-state index is 0.163. The minimum atomic E-state index is -3.69. The number of hydrogen-bond acceptors (Lipinski definition) is 8. The maximum Gasteiger partial charge on any atom is 0.359 e. The van der Waals surface area contributed by atoms with Crippen LogP contribution in [-0.4, -0.2) is 45.6 Å². The second-order valence-corrected chi connectivity index (χ2v) is 9.88. The van der Waals surface area contributed by atoms with E-state index in [1.165, 1.54) is 20.4 Å². The number of ether oxygens (including phenoxy) is 2. The van der Waals surface area contributed by atoms with E-state index in [0.717, 1.165) is 4.47 Å². The lowest BCUT2D eigenvalue weighted by molar-refractivity contribution is -0.162. The molecule has 1 rings (SSSR count). The molecule has 0 aliphatic rings. The van der Waals surface area contributed by atoms with E-state index in [1.54, 1.807) is 52.0 Å². The Bertz CT molecular complexity index is 769. The van der Waals surface area contributed by atoms with Crippen molar-refractivity contribution >= 4 is 41.7 Å². The highest BCUT2D eigenvalue weighted by Crippen LogP contribution is 2.61. The summed E-state index contributed by atoms with van der Waals surface area (Å²) in [5, 5.41) is 0. The van der Waals surface area contributed by atoms with Gasteiger partial charge in [0, 0.05) is 16.1 Å². The zero-order valence-electron chi connectivity index (χ0n) is 18.1. The Hall–Kier alpha value is -1.54. The molecule has 1 aromatic rings. The summed E-state index contributed by atoms with van der Waals surface area (Å²) in [7, 11) is -1.31. The molecule has 0 saturated carbocycles. The van der Waals surface area contributed by atoms with E-state index in [0.29, 0.717) is 5.56 Å². The fraction of sp³-hybridized carbons (Fsp3) is 0.550. The molecule has 0 radical (unpaired) electrons. The summed E-state index contributed by atoms with van der Waals surface area (Å²) >= 11 is 3.37. The maximum atomic E-state index is 13.5. The van der Waals surface area contributed by atoms with Crippen molar-refractivity contribution in [3.8, 4) is 0 Å². The summed E-state index contributed by atoms with van der Waals surface area (Å²) in [5.41, 5.74) is -0.500. The van der Waals surface area contributed by atoms with Crippen LogP contribution in [0.25, 0.3) is 0 Å². The first-order chi connectivity index (χ1) is 14.1. The summed E-state index contributed by atoms with van der Waals surface area (Å²) in [6.07, 6.45) is 1.41. The third kappa shape index (κ3) is 6.74. The molecule has 0 heterocycles. The maximum absolute atomic E-state index is 13.5. The number of aliphatic imine (C=N–C) groups is 1. The number of nitrogens with zero attached hydrogens (tertiary/aromatic N) is 1. The molecule has 0 saturated heterocycles. The van der Waals surface area contributed by atoms with Crippen LogP contribution in [0.3, 0.4) is 0 Å². The van der Waals surface area contributed by atoms with Crippen molar-refractivity contribution < 1.29 is 32.7 Å². The molecular formula is C20H29BrNO7P. The lowest BCUT2D eigenvalue weighted by atomic mass is 9.79. The van der Waals surface area contributed by atoms with E-state index in [2.05, 4.69) is 20.9 Å². The first kappa shape index (κ1) is 26.5. The number of carbonyl (C=O) groups is 2. The van der Waals surface area contributed by atoms with E-state index < -0.39 is 36.7 Å². The molecule has 0 fully saturated rings. The van der Waals surface area contributed by atoms with Crippen LogP contribution in [0.5, 0.6) is 0 Å². The minimum Gasteiger partial charge on any atom is -0.468 e. The van der Waals surface area contributed by atoms with Crippen molar-refractivity contribution in [2.45, 2.75) is 33.5 Å². The molecule has 0 aromatic heterocycles. The summed E-state index contributed by atoms with van der Waals surface area (Å²) in [5.74, 6) is -3.74. The Morgan fingerprint density at radius 3 is 1.93 bits per heavy atom. The highest BCUT2D eigenvalue weighted by atomic mass is 79.9. The number of hydrogen-bond donors (Lipinski definition) is 0. The van der Waals surface area contributed by atoms with Crippen LogP contribution in [-0.2, 0) is 32.7 Å². The van der Waals surface area contributed by atoms with Gasteiger partial charge in [-0.2, -0.15) is 0 Å². The summed E-state index contributed by atoms with van der Waals surface area (Å²) in [6.45, 7) is 7.02. The predicted molar refractivity (Wildman–Crippen MR) is 118 cm³/mol. The van der Waals surface area contributed by atoms with Crippen LogP contribution in [0.2, 0.25) is 0 Å². The van der Waals surface area contributed by atoms with Crippen molar-refractivity contribution in [2.24, 2.45) is 16.3 Å². The summed E-state index contributed by atoms with van der Waals surface area (Å²) in [6, 6.07) is 7.08. The highest BCUT2D eigenvalue weighted by Gasteiger charge is 2.43. The largest absolute Gasteiger partial charge is 0.468 e. The van der Waals surface area contributed by atoms with Gasteiger partial charge in [-0.1, -0.05) is 41.9 Å². The van der Waals surface area contributed by atoms with Crippen LogP contribution in [0.15, 0.2) is 33.7 Å². The van der Waals surface area contributed by atoms with E-state index in [1.807, 2.05) is 0 Å². The third-order valence-electron chi connectivity index (χ3n) is 4.25. The zero-order valence-corrected chi connectivity index (χ0v) is 20.6. The van der Waals surface area contributed by atoms with E-state index in [-0.39, 0.29) is 13.2 Å². The van der Waals surface area contributed by atoms with Crippen molar-refractivity contribution in [3.63, 3.8) is 0 Å². The second-order valence-electron chi connectivity index (χ2n) is 6.88. The molecule has 0 amide bonds. The van der Waals surface area contributed by atoms with E-state index in [9.17, 15) is 14.2 Å². The Morgan fingerprint density at radius 1 is 1.07 bits per heavy atom. The topological polar surface area (TPSA) is 100 Å². The number of halogens is 1. The zero-order chi connectivity index (χ0) is 22.9. The molecular weight excluding hydrogens is 477 g/mol. The van der Waals surface area contributed by atoms with Crippen LogP contribution in [0, 0.1) is 11.3 Å². The van der Waals surface area contributed by atoms with Crippen LogP contribution in [0.1, 0.15) is 39.0 Å². The standard InChI is InChI=1S/C20H29BrNO7P/c1-7-28-30(25,29-8-2)17(14-9-11-15(21)12-10-14)22-13-20(3,4)16(18(23)26-5)19(24)27-6/h9-13,16-17H,7-8H2,1-6H3/b22-13+. The molecule has 0 aliphatic heterocycles. The van der Waals surface area contributed by atoms with Crippen LogP contribution >= 0.6 is 23.5 Å². The van der Waals surface area contributed by atoms with E-state index in [4.69, 9.17) is 18.5 Å². The molecule has 1 aromatic carbocycles. The third-order valence-corrected chi connectivity index (χ3v) is 7.05. The van der Waals surface area contributed by atoms with Gasteiger partial charge in [0.05, 0.1) is 27.4 Å². The Kier molecular flexibility index (Phi) is 10.4. The van der Waals surface area contributed by atoms with Gasteiger partial charge in [-0.05, 0) is 31.5 Å². The normalized spacial score (nSPS) is 13.5. The predicted octanol–water partition coefficient (Wildman–Crippen LogP) is 4.77. The molecule has 168 valence electrons. The molecule has 0 bridgehead atoms. The molecule has 10 heteroatoms. The van der Waals surface area contributed by atoms with Gasteiger partial charge in [0.1, 0.15) is 0 Å². The number of rotatable bonds is 11. The molecule has 30 heavy (non-hydrogen) atoms. The number of esters is 2. The number of carbonyl (C=O) groups excluding carboxylic acids is 2. The number of methoxy groups -OCH3 is 2. The van der Waals surface area contributed by atoms with Gasteiger partial charge in [0.15, 0.2) is 11.7 Å². The van der Waals surface area contributed by atoms with Crippen molar-refractivity contribution in [1.82, 2.24) is 0 Å². The molecule has 0 aliphatic carbocycles. The Labute approximate surface area is 186 Å². The Morgan fingerprint density at radius 2 is 1.53 bits per heavy atom. The molecule has 1 unspecified atom stereocenters. The molecule has 8 nitrogen and oxygen atoms in total. The molecule has 0 spiro atoms. The fourth-order valence-corrected chi connectivity index (χ4v) is 4.91. The highest BCUT2D eigenvalue weighted by molar-refractivity contribution is 9.10. The van der Waals surface area contributed by atoms with Crippen molar-refractivity contribution in [3.05, 3.63) is 34.3 Å². The summed E-state index contributed by atoms with van der Waals surface area (Å²) in [4.78, 5) is 28.9. The smallest absolute Gasteiger partial charge is 0.359 e. The number of benzene rings is 1. The van der Waals surface area contributed by atoms with E-state index >= 15 is 0 Å². The van der Waals surface area contributed by atoms with Gasteiger partial charge in [0.2, 0.25) is 0 Å². The van der Waals surface area contributed by atoms with Crippen molar-refractivity contribution in [1.29, 1.82) is 0 Å². The van der Waals surface area contributed by atoms with Crippen LogP contribution < -0.4 is 0 Å². The average Bonchev–Trinajstić information content (AvgIpc) is 2.69. The lowest BCUT2D eigenvalue weighted by Crippen LogP contribution is -2.40. The van der Waals surface area contributed by atoms with Gasteiger partial charge < -0.3 is 18.5 Å². The first-order valence-corrected chi connectivity index (χ1v) is 11.8. The molecule has 1 atom stereocenters. The molecule has 0 N–H and O–H groups in total. The van der Waals surface area contributed by atoms with Gasteiger partial charge in [-0.3, -0.25) is 19.1 Å². The lowest BCUT2D eigenvalue weighted by Gasteiger charge is -2.28. The van der Waals surface area contributed by atoms with Crippen LogP contribution in [0.4, 0.5) is 0 Å². The SMILES string of the molecule is CCOP(=O)(OCC)C(/N=C/C(C)(C)C(C(=O)OC)C(=O)OC)c1ccc(Br)cc1. The summed E-state index contributed by atoms with van der Waals surface area (Å²) < 4.78 is 34.9. The average molecular weight is 506 g/mol. The van der Waals surface area contributed by atoms with Gasteiger partial charge >= 0.3 is 19.5 Å². The van der Waals surface area contributed by atoms with Gasteiger partial charge in [0.25, 0.3) is 0 Å². The monoisotopic (exact) mass is 505 g/mol. The fourth-order valence-electron chi connectivity index (χ4n) is 2.80. The second kappa shape index (κ2) is 11.7. The Balaban J connectivity index is 3.48. The van der Waals surface area contributed by atoms with Gasteiger partial charge in [-0.15, -0.1) is 0 Å². The van der Waals surface area contributed by atoms with Gasteiger partial charge in [-0.25, -0.2) is 0 Å². The van der Waals surface area contributed by atoms with Crippen molar-refractivity contribution in [2.75, 3.05) is 27.4 Å². The quantitative estimate of drug-likeness (QED) is 0.184.